The van der Waals surface area contributed by atoms with Gasteiger partial charge in [0.1, 0.15) is 11.9 Å². The van der Waals surface area contributed by atoms with Gasteiger partial charge in [0.05, 0.1) is 37.8 Å². The predicted octanol–water partition coefficient (Wildman–Crippen LogP) is 5.01. The SMILES string of the molecule is C=C[C@@H]1CN2CC[C@H]1C[C@H]2[C@H](OC(=O)[C@]1(CC(=O)OC)CCCC(C)(C)O1)c1ccnc2ccc(OC)cc12. The molecule has 6 rings (SSSR count). The second kappa shape index (κ2) is 10.9. The van der Waals surface area contributed by atoms with E-state index in [0.29, 0.717) is 24.0 Å². The van der Waals surface area contributed by atoms with Crippen LogP contribution in [-0.4, -0.2) is 66.4 Å². The maximum absolute atomic E-state index is 14.2. The molecule has 210 valence electrons. The van der Waals surface area contributed by atoms with E-state index in [1.165, 1.54) is 7.11 Å². The first-order valence-electron chi connectivity index (χ1n) is 14.0. The third-order valence-corrected chi connectivity index (χ3v) is 8.89. The Labute approximate surface area is 230 Å². The van der Waals surface area contributed by atoms with Crippen molar-refractivity contribution in [2.24, 2.45) is 11.8 Å². The van der Waals surface area contributed by atoms with E-state index in [9.17, 15) is 9.59 Å². The molecule has 0 spiro atoms. The van der Waals surface area contributed by atoms with Gasteiger partial charge in [0.25, 0.3) is 0 Å². The van der Waals surface area contributed by atoms with Crippen LogP contribution in [-0.2, 0) is 23.8 Å². The average Bonchev–Trinajstić information content (AvgIpc) is 2.94. The number of piperidine rings is 3. The molecule has 1 aromatic carbocycles. The van der Waals surface area contributed by atoms with Gasteiger partial charge in [0.2, 0.25) is 0 Å². The smallest absolute Gasteiger partial charge is 0.339 e. The van der Waals surface area contributed by atoms with Crippen molar-refractivity contribution in [1.29, 1.82) is 0 Å². The lowest BCUT2D eigenvalue weighted by Gasteiger charge is -2.51. The van der Waals surface area contributed by atoms with Crippen molar-refractivity contribution in [2.45, 2.75) is 75.7 Å². The van der Waals surface area contributed by atoms with Gasteiger partial charge in [-0.15, -0.1) is 6.58 Å². The number of methoxy groups -OCH3 is 2. The van der Waals surface area contributed by atoms with Crippen LogP contribution < -0.4 is 4.74 Å². The zero-order valence-electron chi connectivity index (χ0n) is 23.5. The summed E-state index contributed by atoms with van der Waals surface area (Å²) in [6.45, 7) is 9.79. The lowest BCUT2D eigenvalue weighted by molar-refractivity contribution is -0.219. The molecule has 1 unspecified atom stereocenters. The molecule has 4 aliphatic heterocycles. The third-order valence-electron chi connectivity index (χ3n) is 8.89. The van der Waals surface area contributed by atoms with Gasteiger partial charge in [0.15, 0.2) is 5.60 Å². The second-order valence-corrected chi connectivity index (χ2v) is 11.8. The van der Waals surface area contributed by atoms with E-state index < -0.39 is 29.2 Å². The fourth-order valence-corrected chi connectivity index (χ4v) is 6.86. The molecule has 5 heterocycles. The Kier molecular flexibility index (Phi) is 7.71. The first kappa shape index (κ1) is 27.6. The van der Waals surface area contributed by atoms with E-state index in [2.05, 4.69) is 22.5 Å². The average molecular weight is 537 g/mol. The normalized spacial score (nSPS) is 30.4. The van der Waals surface area contributed by atoms with Crippen molar-refractivity contribution < 1.29 is 28.5 Å². The quantitative estimate of drug-likeness (QED) is 0.344. The number of hydrogen-bond acceptors (Lipinski definition) is 8. The van der Waals surface area contributed by atoms with E-state index in [-0.39, 0.29) is 12.5 Å². The maximum Gasteiger partial charge on any atom is 0.339 e. The second-order valence-electron chi connectivity index (χ2n) is 11.8. The number of rotatable bonds is 8. The molecule has 4 saturated heterocycles. The Morgan fingerprint density at radius 1 is 1.26 bits per heavy atom. The topological polar surface area (TPSA) is 87.2 Å². The van der Waals surface area contributed by atoms with Gasteiger partial charge in [-0.3, -0.25) is 14.7 Å². The van der Waals surface area contributed by atoms with Crippen LogP contribution in [0.2, 0.25) is 0 Å². The predicted molar refractivity (Wildman–Crippen MR) is 147 cm³/mol. The highest BCUT2D eigenvalue weighted by atomic mass is 16.6. The van der Waals surface area contributed by atoms with Gasteiger partial charge in [0, 0.05) is 23.7 Å². The van der Waals surface area contributed by atoms with Gasteiger partial charge >= 0.3 is 11.9 Å². The molecule has 6 atom stereocenters. The molecule has 0 aliphatic carbocycles. The Hall–Kier alpha value is -2.97. The largest absolute Gasteiger partial charge is 0.497 e. The number of carbonyl (C=O) groups excluding carboxylic acids is 2. The van der Waals surface area contributed by atoms with Crippen molar-refractivity contribution >= 4 is 22.8 Å². The number of aromatic nitrogens is 1. The van der Waals surface area contributed by atoms with Gasteiger partial charge in [-0.1, -0.05) is 6.08 Å². The van der Waals surface area contributed by atoms with Crippen LogP contribution in [0.5, 0.6) is 5.75 Å². The minimum atomic E-state index is -1.40. The van der Waals surface area contributed by atoms with E-state index >= 15 is 0 Å². The van der Waals surface area contributed by atoms with E-state index in [1.807, 2.05) is 38.1 Å². The number of carbonyl (C=O) groups is 2. The molecule has 0 N–H and O–H groups in total. The molecule has 8 heteroatoms. The number of fused-ring (bicyclic) bond motifs is 4. The Balaban J connectivity index is 1.57. The Bertz CT molecular complexity index is 1240. The van der Waals surface area contributed by atoms with Crippen LogP contribution >= 0.6 is 0 Å². The summed E-state index contributed by atoms with van der Waals surface area (Å²) in [5, 5.41) is 0.879. The number of pyridine rings is 1. The first-order chi connectivity index (χ1) is 18.7. The number of nitrogens with zero attached hydrogens (tertiary/aromatic N) is 2. The van der Waals surface area contributed by atoms with Crippen molar-refractivity contribution in [3.8, 4) is 5.75 Å². The Morgan fingerprint density at radius 2 is 2.08 bits per heavy atom. The summed E-state index contributed by atoms with van der Waals surface area (Å²) in [5.74, 6) is 0.610. The van der Waals surface area contributed by atoms with Crippen molar-refractivity contribution in [3.63, 3.8) is 0 Å². The van der Waals surface area contributed by atoms with Gasteiger partial charge in [-0.2, -0.15) is 0 Å². The molecule has 0 radical (unpaired) electrons. The lowest BCUT2D eigenvalue weighted by atomic mass is 9.73. The molecular weight excluding hydrogens is 496 g/mol. The number of benzene rings is 1. The monoisotopic (exact) mass is 536 g/mol. The van der Waals surface area contributed by atoms with Crippen LogP contribution in [0.3, 0.4) is 0 Å². The van der Waals surface area contributed by atoms with Crippen molar-refractivity contribution in [2.75, 3.05) is 27.3 Å². The highest BCUT2D eigenvalue weighted by molar-refractivity contribution is 5.87. The summed E-state index contributed by atoms with van der Waals surface area (Å²) in [6, 6.07) is 7.67. The summed E-state index contributed by atoms with van der Waals surface area (Å²) >= 11 is 0. The molecule has 4 aliphatic rings. The van der Waals surface area contributed by atoms with E-state index in [4.69, 9.17) is 18.9 Å². The molecule has 8 nitrogen and oxygen atoms in total. The standard InChI is InChI=1S/C31H40N2O6/c1-6-20-19-33-15-11-21(20)16-26(33)28(23-10-14-32-25-9-8-22(36-4)17-24(23)25)38-29(35)31(18-27(34)37-5)13-7-12-30(2,3)39-31/h6,8-10,14,17,20-21,26,28H,1,7,11-13,15-16,18-19H2,2-5H3/t20-,21+,26+,28-,31-/m1/s1. The molecule has 0 amide bonds. The minimum absolute atomic E-state index is 0.0209. The van der Waals surface area contributed by atoms with Crippen LogP contribution in [0.25, 0.3) is 10.9 Å². The van der Waals surface area contributed by atoms with Crippen LogP contribution in [0.4, 0.5) is 0 Å². The zero-order chi connectivity index (χ0) is 27.8. The number of ether oxygens (including phenoxy) is 4. The van der Waals surface area contributed by atoms with Crippen LogP contribution in [0.15, 0.2) is 43.1 Å². The molecule has 39 heavy (non-hydrogen) atoms. The Morgan fingerprint density at radius 3 is 2.74 bits per heavy atom. The van der Waals surface area contributed by atoms with E-state index in [1.54, 1.807) is 13.3 Å². The third kappa shape index (κ3) is 5.41. The molecule has 0 saturated carbocycles. The summed E-state index contributed by atoms with van der Waals surface area (Å²) < 4.78 is 23.5. The zero-order valence-corrected chi connectivity index (χ0v) is 23.5. The van der Waals surface area contributed by atoms with Gasteiger partial charge < -0.3 is 18.9 Å². The summed E-state index contributed by atoms with van der Waals surface area (Å²) in [6.07, 6.45) is 6.99. The highest BCUT2D eigenvalue weighted by Crippen LogP contribution is 2.46. The fraction of sp³-hybridized carbons (Fsp3) is 0.581. The minimum Gasteiger partial charge on any atom is -0.497 e. The van der Waals surface area contributed by atoms with Crippen molar-refractivity contribution in [1.82, 2.24) is 9.88 Å². The highest BCUT2D eigenvalue weighted by Gasteiger charge is 2.52. The van der Waals surface area contributed by atoms with Gasteiger partial charge in [-0.25, -0.2) is 4.79 Å². The maximum atomic E-state index is 14.2. The first-order valence-corrected chi connectivity index (χ1v) is 14.0. The molecule has 4 fully saturated rings. The summed E-state index contributed by atoms with van der Waals surface area (Å²) in [7, 11) is 2.96. The van der Waals surface area contributed by atoms with Gasteiger partial charge in [-0.05, 0) is 88.6 Å². The van der Waals surface area contributed by atoms with Crippen LogP contribution in [0, 0.1) is 11.8 Å². The summed E-state index contributed by atoms with van der Waals surface area (Å²) in [5.41, 5.74) is -0.292. The van der Waals surface area contributed by atoms with Crippen LogP contribution in [0.1, 0.15) is 64.0 Å². The molecule has 2 aromatic rings. The van der Waals surface area contributed by atoms with E-state index in [0.717, 1.165) is 55.2 Å². The molecule has 2 bridgehead atoms. The fourth-order valence-electron chi connectivity index (χ4n) is 6.86. The summed E-state index contributed by atoms with van der Waals surface area (Å²) in [4.78, 5) is 33.8. The molecular formula is C31H40N2O6. The lowest BCUT2D eigenvalue weighted by Crippen LogP contribution is -2.57. The number of hydrogen-bond donors (Lipinski definition) is 0. The number of esters is 2. The molecule has 1 aromatic heterocycles. The van der Waals surface area contributed by atoms with Crippen molar-refractivity contribution in [3.05, 3.63) is 48.7 Å².